The van der Waals surface area contributed by atoms with Crippen LogP contribution in [0, 0.1) is 0 Å². The fraction of sp³-hybridized carbons (Fsp3) is 0.0667. The second-order valence-electron chi connectivity index (χ2n) is 3.99. The highest BCUT2D eigenvalue weighted by Crippen LogP contribution is 2.11. The first-order chi connectivity index (χ1) is 9.65. The number of benzene rings is 2. The molecule has 0 radical (unpaired) electrons. The number of hydrogen-bond donors (Lipinski definition) is 1. The molecule has 0 atom stereocenters. The van der Waals surface area contributed by atoms with Gasteiger partial charge in [-0.05, 0) is 24.3 Å². The van der Waals surface area contributed by atoms with Crippen LogP contribution in [0.1, 0.15) is 10.4 Å². The van der Waals surface area contributed by atoms with Gasteiger partial charge < -0.3 is 10.1 Å². The Morgan fingerprint density at radius 1 is 1.05 bits per heavy atom. The van der Waals surface area contributed by atoms with E-state index in [0.29, 0.717) is 16.3 Å². The number of rotatable bonds is 4. The second-order valence-corrected chi connectivity index (χ2v) is 4.43. The van der Waals surface area contributed by atoms with E-state index >= 15 is 0 Å². The summed E-state index contributed by atoms with van der Waals surface area (Å²) in [6.45, 7) is -0.147. The lowest BCUT2D eigenvalue weighted by Gasteiger charge is -2.06. The molecule has 4 nitrogen and oxygen atoms in total. The van der Waals surface area contributed by atoms with Gasteiger partial charge in [0.25, 0.3) is 0 Å². The van der Waals surface area contributed by atoms with Crippen LogP contribution in [0.2, 0.25) is 5.02 Å². The van der Waals surface area contributed by atoms with E-state index in [4.69, 9.17) is 16.3 Å². The normalized spacial score (nSPS) is 9.85. The third-order valence-electron chi connectivity index (χ3n) is 2.49. The van der Waals surface area contributed by atoms with Gasteiger partial charge in [-0.2, -0.15) is 0 Å². The third kappa shape index (κ3) is 4.10. The smallest absolute Gasteiger partial charge is 0.410 e. The van der Waals surface area contributed by atoms with Crippen molar-refractivity contribution in [2.24, 2.45) is 0 Å². The molecule has 1 N–H and O–H groups in total. The second kappa shape index (κ2) is 6.73. The summed E-state index contributed by atoms with van der Waals surface area (Å²) in [4.78, 5) is 23.3. The summed E-state index contributed by atoms with van der Waals surface area (Å²) in [7, 11) is 0. The molecule has 1 amide bonds. The molecule has 0 aliphatic rings. The molecule has 0 aliphatic heterocycles. The number of Topliss-reactive ketones (excluding diaryl/α,β-unsaturated/α-hetero) is 1. The number of nitrogens with one attached hydrogen (secondary N) is 1. The minimum Gasteiger partial charge on any atom is -0.410 e. The summed E-state index contributed by atoms with van der Waals surface area (Å²) >= 11 is 5.79. The zero-order chi connectivity index (χ0) is 14.4. The number of carbonyl (C=O) groups excluding carboxylic acids is 2. The predicted octanol–water partition coefficient (Wildman–Crippen LogP) is 3.31. The van der Waals surface area contributed by atoms with E-state index in [0.717, 1.165) is 0 Å². The van der Waals surface area contributed by atoms with Crippen molar-refractivity contribution in [2.45, 2.75) is 0 Å². The first kappa shape index (κ1) is 14.1. The van der Waals surface area contributed by atoms with Gasteiger partial charge in [0.05, 0.1) is 6.54 Å². The molecular formula is C15H12ClNO3. The fourth-order valence-electron chi connectivity index (χ4n) is 1.55. The van der Waals surface area contributed by atoms with Gasteiger partial charge in [0.2, 0.25) is 0 Å². The highest BCUT2D eigenvalue weighted by atomic mass is 35.5. The van der Waals surface area contributed by atoms with Gasteiger partial charge in [0.15, 0.2) is 5.78 Å². The maximum Gasteiger partial charge on any atom is 0.412 e. The zero-order valence-corrected chi connectivity index (χ0v) is 11.3. The maximum atomic E-state index is 11.8. The number of amides is 1. The molecule has 0 spiro atoms. The van der Waals surface area contributed by atoms with Gasteiger partial charge in [0.1, 0.15) is 5.75 Å². The summed E-state index contributed by atoms with van der Waals surface area (Å²) in [6, 6.07) is 15.2. The minimum absolute atomic E-state index is 0.147. The number of ether oxygens (including phenoxy) is 1. The van der Waals surface area contributed by atoms with Gasteiger partial charge in [-0.1, -0.05) is 41.9 Å². The molecule has 0 unspecified atom stereocenters. The van der Waals surface area contributed by atoms with Crippen molar-refractivity contribution in [1.29, 1.82) is 0 Å². The van der Waals surface area contributed by atoms with Crippen molar-refractivity contribution in [3.63, 3.8) is 0 Å². The van der Waals surface area contributed by atoms with E-state index in [-0.39, 0.29) is 12.3 Å². The van der Waals surface area contributed by atoms with Gasteiger partial charge in [-0.3, -0.25) is 4.79 Å². The third-order valence-corrected chi connectivity index (χ3v) is 2.73. The first-order valence-electron chi connectivity index (χ1n) is 5.94. The Labute approximate surface area is 121 Å². The molecule has 0 saturated carbocycles. The van der Waals surface area contributed by atoms with Gasteiger partial charge in [-0.15, -0.1) is 0 Å². The molecule has 20 heavy (non-hydrogen) atoms. The van der Waals surface area contributed by atoms with Crippen molar-refractivity contribution in [3.8, 4) is 5.75 Å². The summed E-state index contributed by atoms with van der Waals surface area (Å²) in [5.41, 5.74) is 0.442. The first-order valence-corrected chi connectivity index (χ1v) is 6.32. The summed E-state index contributed by atoms with van der Waals surface area (Å²) < 4.78 is 5.00. The van der Waals surface area contributed by atoms with Crippen LogP contribution < -0.4 is 10.1 Å². The molecule has 0 bridgehead atoms. The lowest BCUT2D eigenvalue weighted by molar-refractivity contribution is 0.0988. The number of carbonyl (C=O) groups is 2. The maximum absolute atomic E-state index is 11.8. The van der Waals surface area contributed by atoms with Crippen LogP contribution in [0.4, 0.5) is 4.79 Å². The van der Waals surface area contributed by atoms with Crippen molar-refractivity contribution in [3.05, 3.63) is 65.2 Å². The summed E-state index contributed by atoms with van der Waals surface area (Å²) in [6.07, 6.45) is -0.674. The Kier molecular flexibility index (Phi) is 4.74. The highest BCUT2D eigenvalue weighted by molar-refractivity contribution is 6.31. The summed E-state index contributed by atoms with van der Waals surface area (Å²) in [5, 5.41) is 2.87. The van der Waals surface area contributed by atoms with Crippen LogP contribution in [0.15, 0.2) is 54.6 Å². The number of para-hydroxylation sites is 1. The molecule has 102 valence electrons. The number of halogens is 1. The molecule has 5 heteroatoms. The van der Waals surface area contributed by atoms with E-state index in [2.05, 4.69) is 5.32 Å². The Morgan fingerprint density at radius 2 is 1.80 bits per heavy atom. The predicted molar refractivity (Wildman–Crippen MR) is 76.3 cm³/mol. The van der Waals surface area contributed by atoms with Crippen molar-refractivity contribution in [1.82, 2.24) is 5.32 Å². The molecule has 0 fully saturated rings. The molecule has 2 rings (SSSR count). The number of hydrogen-bond acceptors (Lipinski definition) is 3. The van der Waals surface area contributed by atoms with Gasteiger partial charge in [0, 0.05) is 10.6 Å². The Bertz CT molecular complexity index is 614. The van der Waals surface area contributed by atoms with Gasteiger partial charge in [-0.25, -0.2) is 4.79 Å². The number of ketones is 1. The molecule has 2 aromatic carbocycles. The Balaban J connectivity index is 1.86. The van der Waals surface area contributed by atoms with Crippen molar-refractivity contribution in [2.75, 3.05) is 6.54 Å². The van der Waals surface area contributed by atoms with Crippen LogP contribution >= 0.6 is 11.6 Å². The Morgan fingerprint density at radius 3 is 2.50 bits per heavy atom. The van der Waals surface area contributed by atoms with Crippen LogP contribution in [0.25, 0.3) is 0 Å². The summed E-state index contributed by atoms with van der Waals surface area (Å²) in [5.74, 6) is 0.178. The average molecular weight is 290 g/mol. The van der Waals surface area contributed by atoms with Crippen LogP contribution in [0.5, 0.6) is 5.75 Å². The quantitative estimate of drug-likeness (QED) is 0.879. The molecule has 0 saturated heterocycles. The molecular weight excluding hydrogens is 278 g/mol. The lowest BCUT2D eigenvalue weighted by atomic mass is 10.1. The molecule has 0 heterocycles. The average Bonchev–Trinajstić information content (AvgIpc) is 2.46. The molecule has 2 aromatic rings. The van der Waals surface area contributed by atoms with E-state index < -0.39 is 6.09 Å². The molecule has 0 aromatic heterocycles. The largest absolute Gasteiger partial charge is 0.412 e. The lowest BCUT2D eigenvalue weighted by Crippen LogP contribution is -2.31. The zero-order valence-electron chi connectivity index (χ0n) is 10.5. The van der Waals surface area contributed by atoms with Crippen LogP contribution in [-0.4, -0.2) is 18.4 Å². The van der Waals surface area contributed by atoms with Crippen LogP contribution in [0.3, 0.4) is 0 Å². The minimum atomic E-state index is -0.674. The van der Waals surface area contributed by atoms with Crippen molar-refractivity contribution >= 4 is 23.5 Å². The molecule has 0 aliphatic carbocycles. The Hall–Kier alpha value is -2.33. The van der Waals surface area contributed by atoms with Crippen LogP contribution in [-0.2, 0) is 0 Å². The van der Waals surface area contributed by atoms with E-state index in [1.54, 1.807) is 48.5 Å². The van der Waals surface area contributed by atoms with E-state index in [9.17, 15) is 9.59 Å². The van der Waals surface area contributed by atoms with E-state index in [1.807, 2.05) is 6.07 Å². The van der Waals surface area contributed by atoms with E-state index in [1.165, 1.54) is 0 Å². The standard InChI is InChI=1S/C15H12ClNO3/c16-12-6-4-5-11(9-12)14(18)10-17-15(19)20-13-7-2-1-3-8-13/h1-9H,10H2,(H,17,19). The monoisotopic (exact) mass is 289 g/mol. The van der Waals surface area contributed by atoms with Gasteiger partial charge >= 0.3 is 6.09 Å². The fourth-order valence-corrected chi connectivity index (χ4v) is 1.74. The topological polar surface area (TPSA) is 55.4 Å². The SMILES string of the molecule is O=C(NCC(=O)c1cccc(Cl)c1)Oc1ccccc1. The van der Waals surface area contributed by atoms with Crippen molar-refractivity contribution < 1.29 is 14.3 Å². The highest BCUT2D eigenvalue weighted by Gasteiger charge is 2.09.